The SMILES string of the molecule is CC(C)CC(C)(CC(=O)[O-])C(=O)NC1CC2(COC(C)C2)C1.[Na+]. The third-order valence-electron chi connectivity index (χ3n) is 5.03. The number of ether oxygens (including phenoxy) is 1. The van der Waals surface area contributed by atoms with Crippen molar-refractivity contribution in [3.8, 4) is 0 Å². The molecule has 1 saturated carbocycles. The molecule has 2 rings (SSSR count). The van der Waals surface area contributed by atoms with Crippen LogP contribution >= 0.6 is 0 Å². The fourth-order valence-corrected chi connectivity index (χ4v) is 4.24. The van der Waals surface area contributed by atoms with Gasteiger partial charge in [0.2, 0.25) is 5.91 Å². The molecule has 1 heterocycles. The zero-order valence-electron chi connectivity index (χ0n) is 15.1. The van der Waals surface area contributed by atoms with E-state index in [9.17, 15) is 14.7 Å². The Morgan fingerprint density at radius 1 is 1.35 bits per heavy atom. The second kappa shape index (κ2) is 7.85. The third-order valence-corrected chi connectivity index (χ3v) is 5.03. The minimum absolute atomic E-state index is 0. The van der Waals surface area contributed by atoms with Crippen LogP contribution in [-0.4, -0.2) is 30.6 Å². The Balaban J connectivity index is 0.00000264. The Labute approximate surface area is 161 Å². The molecule has 2 unspecified atom stereocenters. The number of hydrogen-bond acceptors (Lipinski definition) is 4. The van der Waals surface area contributed by atoms with Crippen LogP contribution in [0.5, 0.6) is 0 Å². The second-order valence-corrected chi connectivity index (χ2v) is 8.11. The van der Waals surface area contributed by atoms with Crippen molar-refractivity contribution < 1.29 is 49.0 Å². The van der Waals surface area contributed by atoms with E-state index >= 15 is 0 Å². The van der Waals surface area contributed by atoms with Crippen molar-refractivity contribution in [2.75, 3.05) is 6.61 Å². The van der Waals surface area contributed by atoms with Crippen LogP contribution in [0.3, 0.4) is 0 Å². The number of hydrogen-bond donors (Lipinski definition) is 1. The van der Waals surface area contributed by atoms with Crippen molar-refractivity contribution in [1.82, 2.24) is 5.32 Å². The summed E-state index contributed by atoms with van der Waals surface area (Å²) in [5.41, 5.74) is -0.657. The maximum atomic E-state index is 12.6. The van der Waals surface area contributed by atoms with Crippen LogP contribution in [0.1, 0.15) is 59.8 Å². The molecule has 126 valence electrons. The summed E-state index contributed by atoms with van der Waals surface area (Å²) in [6.45, 7) is 8.59. The van der Waals surface area contributed by atoms with Gasteiger partial charge in [-0.15, -0.1) is 0 Å². The molecule has 23 heavy (non-hydrogen) atoms. The van der Waals surface area contributed by atoms with Crippen LogP contribution in [0.25, 0.3) is 0 Å². The molecule has 1 amide bonds. The van der Waals surface area contributed by atoms with Gasteiger partial charge in [-0.1, -0.05) is 20.8 Å². The first-order valence-corrected chi connectivity index (χ1v) is 8.27. The fourth-order valence-electron chi connectivity index (χ4n) is 4.24. The number of amides is 1. The van der Waals surface area contributed by atoms with Gasteiger partial charge in [-0.3, -0.25) is 4.79 Å². The first kappa shape index (κ1) is 20.9. The first-order valence-electron chi connectivity index (χ1n) is 8.27. The summed E-state index contributed by atoms with van der Waals surface area (Å²) < 4.78 is 5.64. The molecule has 1 N–H and O–H groups in total. The number of carbonyl (C=O) groups excluding carboxylic acids is 2. The average Bonchev–Trinajstić information content (AvgIpc) is 2.68. The van der Waals surface area contributed by atoms with E-state index in [0.29, 0.717) is 12.5 Å². The van der Waals surface area contributed by atoms with Gasteiger partial charge in [0.1, 0.15) is 0 Å². The molecule has 2 atom stereocenters. The first-order chi connectivity index (χ1) is 10.1. The minimum atomic E-state index is -1.17. The number of rotatable bonds is 6. The van der Waals surface area contributed by atoms with Crippen molar-refractivity contribution in [3.05, 3.63) is 0 Å². The Bertz CT molecular complexity index is 448. The molecule has 0 aromatic heterocycles. The van der Waals surface area contributed by atoms with E-state index in [0.717, 1.165) is 25.9 Å². The number of nitrogens with one attached hydrogen (secondary N) is 1. The quantitative estimate of drug-likeness (QED) is 0.585. The van der Waals surface area contributed by atoms with Gasteiger partial charge in [0.15, 0.2) is 0 Å². The van der Waals surface area contributed by atoms with Crippen molar-refractivity contribution in [1.29, 1.82) is 0 Å². The normalized spacial score (nSPS) is 32.0. The molecule has 2 aliphatic rings. The summed E-state index contributed by atoms with van der Waals surface area (Å²) >= 11 is 0. The van der Waals surface area contributed by atoms with E-state index in [-0.39, 0.29) is 59.3 Å². The molecule has 6 heteroatoms. The molecule has 0 aromatic rings. The maximum Gasteiger partial charge on any atom is 1.00 e. The van der Waals surface area contributed by atoms with E-state index in [1.807, 2.05) is 13.8 Å². The smallest absolute Gasteiger partial charge is 0.550 e. The van der Waals surface area contributed by atoms with E-state index in [1.54, 1.807) is 6.92 Å². The molecular weight excluding hydrogens is 305 g/mol. The van der Waals surface area contributed by atoms with Crippen molar-refractivity contribution in [2.24, 2.45) is 16.7 Å². The molecule has 1 spiro atoms. The van der Waals surface area contributed by atoms with Gasteiger partial charge >= 0.3 is 29.6 Å². The average molecular weight is 333 g/mol. The Kier molecular flexibility index (Phi) is 7.15. The fraction of sp³-hybridized carbons (Fsp3) is 0.882. The van der Waals surface area contributed by atoms with E-state index in [4.69, 9.17) is 4.74 Å². The Hall–Kier alpha value is -0.100. The summed E-state index contributed by atoms with van der Waals surface area (Å²) in [5.74, 6) is -1.06. The molecular formula is C17H28NNaO4. The van der Waals surface area contributed by atoms with Gasteiger partial charge in [0.25, 0.3) is 0 Å². The van der Waals surface area contributed by atoms with Crippen molar-refractivity contribution >= 4 is 11.9 Å². The second-order valence-electron chi connectivity index (χ2n) is 8.11. The molecule has 0 radical (unpaired) electrons. The molecule has 0 bridgehead atoms. The zero-order chi connectivity index (χ0) is 16.5. The van der Waals surface area contributed by atoms with Crippen LogP contribution in [0.4, 0.5) is 0 Å². The zero-order valence-corrected chi connectivity index (χ0v) is 17.1. The summed E-state index contributed by atoms with van der Waals surface area (Å²) in [6.07, 6.45) is 3.56. The van der Waals surface area contributed by atoms with Gasteiger partial charge in [-0.25, -0.2) is 0 Å². The standard InChI is InChI=1S/C17H29NO4.Na/c1-11(2)5-16(4,9-14(19)20)15(21)18-13-7-17(8-13)6-12(3)22-10-17;/h11-13H,5-10H2,1-4H3,(H,18,21)(H,19,20);/q;+1/p-1. The minimum Gasteiger partial charge on any atom is -0.550 e. The van der Waals surface area contributed by atoms with Gasteiger partial charge in [0.05, 0.1) is 18.1 Å². The van der Waals surface area contributed by atoms with Gasteiger partial charge in [-0.2, -0.15) is 0 Å². The van der Waals surface area contributed by atoms with Gasteiger partial charge in [0, 0.05) is 23.8 Å². The van der Waals surface area contributed by atoms with Crippen LogP contribution in [0, 0.1) is 16.7 Å². The van der Waals surface area contributed by atoms with Gasteiger partial charge < -0.3 is 20.0 Å². The summed E-state index contributed by atoms with van der Waals surface area (Å²) in [7, 11) is 0. The summed E-state index contributed by atoms with van der Waals surface area (Å²) in [5, 5.41) is 14.1. The van der Waals surface area contributed by atoms with E-state index < -0.39 is 11.4 Å². The van der Waals surface area contributed by atoms with Crippen LogP contribution in [0.15, 0.2) is 0 Å². The molecule has 1 aliphatic carbocycles. The van der Waals surface area contributed by atoms with Crippen LogP contribution in [-0.2, 0) is 14.3 Å². The maximum absolute atomic E-state index is 12.6. The summed E-state index contributed by atoms with van der Waals surface area (Å²) in [6, 6.07) is 0.148. The van der Waals surface area contributed by atoms with Gasteiger partial charge in [-0.05, 0) is 38.5 Å². The van der Waals surface area contributed by atoms with Crippen molar-refractivity contribution in [2.45, 2.75) is 71.9 Å². The molecule has 1 aliphatic heterocycles. The molecule has 2 fully saturated rings. The Morgan fingerprint density at radius 2 is 1.96 bits per heavy atom. The number of carboxylic acid groups (broad SMARTS) is 1. The monoisotopic (exact) mass is 333 g/mol. The largest absolute Gasteiger partial charge is 1.00 e. The molecule has 0 aromatic carbocycles. The number of aliphatic carboxylic acids is 1. The van der Waals surface area contributed by atoms with Crippen LogP contribution < -0.4 is 40.0 Å². The van der Waals surface area contributed by atoms with E-state index in [2.05, 4.69) is 12.2 Å². The Morgan fingerprint density at radius 3 is 2.39 bits per heavy atom. The van der Waals surface area contributed by atoms with E-state index in [1.165, 1.54) is 0 Å². The van der Waals surface area contributed by atoms with Crippen LogP contribution in [0.2, 0.25) is 0 Å². The third kappa shape index (κ3) is 5.18. The number of carboxylic acids is 1. The predicted octanol–water partition coefficient (Wildman–Crippen LogP) is -1.74. The number of carbonyl (C=O) groups is 2. The topological polar surface area (TPSA) is 78.5 Å². The van der Waals surface area contributed by atoms with Crippen molar-refractivity contribution in [3.63, 3.8) is 0 Å². The molecule has 5 nitrogen and oxygen atoms in total. The predicted molar refractivity (Wildman–Crippen MR) is 80.8 cm³/mol. The molecule has 1 saturated heterocycles. The summed E-state index contributed by atoms with van der Waals surface area (Å²) in [4.78, 5) is 23.6.